The number of hydrogen-bond donors (Lipinski definition) is 1. The van der Waals surface area contributed by atoms with E-state index in [0.717, 1.165) is 38.4 Å². The van der Waals surface area contributed by atoms with Crippen LogP contribution < -0.4 is 5.73 Å². The summed E-state index contributed by atoms with van der Waals surface area (Å²) in [6.45, 7) is 8.04. The van der Waals surface area contributed by atoms with Crippen molar-refractivity contribution >= 4 is 5.91 Å². The summed E-state index contributed by atoms with van der Waals surface area (Å²) in [5.74, 6) is 1.32. The Morgan fingerprint density at radius 2 is 2.05 bits per heavy atom. The van der Waals surface area contributed by atoms with Crippen LogP contribution in [0, 0.1) is 0 Å². The van der Waals surface area contributed by atoms with Crippen LogP contribution in [0.4, 0.5) is 0 Å². The van der Waals surface area contributed by atoms with Crippen LogP contribution in [0.5, 0.6) is 0 Å². The van der Waals surface area contributed by atoms with Gasteiger partial charge in [0.05, 0.1) is 0 Å². The molecule has 5 heteroatoms. The number of rotatable bonds is 4. The molecule has 2 N–H and O–H groups in total. The zero-order valence-corrected chi connectivity index (χ0v) is 11.8. The summed E-state index contributed by atoms with van der Waals surface area (Å²) in [6, 6.07) is 4.03. The molecule has 1 fully saturated rings. The van der Waals surface area contributed by atoms with Crippen molar-refractivity contribution in [2.24, 2.45) is 5.73 Å². The first-order chi connectivity index (χ1) is 9.15. The second-order valence-corrected chi connectivity index (χ2v) is 5.03. The smallest absolute Gasteiger partial charge is 0.289 e. The van der Waals surface area contributed by atoms with Gasteiger partial charge in [0, 0.05) is 45.2 Å². The van der Waals surface area contributed by atoms with E-state index in [1.165, 1.54) is 0 Å². The predicted octanol–water partition coefficient (Wildman–Crippen LogP) is 0.947. The van der Waals surface area contributed by atoms with E-state index in [2.05, 4.69) is 11.8 Å². The Kier molecular flexibility index (Phi) is 4.61. The monoisotopic (exact) mass is 265 g/mol. The predicted molar refractivity (Wildman–Crippen MR) is 74.1 cm³/mol. The number of aryl methyl sites for hydroxylation is 1. The van der Waals surface area contributed by atoms with E-state index in [1.807, 2.05) is 17.9 Å². The first kappa shape index (κ1) is 14.1. The average Bonchev–Trinajstić information content (AvgIpc) is 2.94. The summed E-state index contributed by atoms with van der Waals surface area (Å²) < 4.78 is 5.52. The van der Waals surface area contributed by atoms with Crippen molar-refractivity contribution in [3.05, 3.63) is 23.7 Å². The minimum Gasteiger partial charge on any atom is -0.456 e. The van der Waals surface area contributed by atoms with Gasteiger partial charge in [-0.25, -0.2) is 0 Å². The normalized spacial score (nSPS) is 18.6. The molecule has 0 saturated carbocycles. The molecule has 0 spiro atoms. The molecule has 0 aromatic carbocycles. The van der Waals surface area contributed by atoms with Crippen molar-refractivity contribution in [3.8, 4) is 0 Å². The summed E-state index contributed by atoms with van der Waals surface area (Å²) in [7, 11) is 0. The Bertz CT molecular complexity index is 422. The Balaban J connectivity index is 1.92. The van der Waals surface area contributed by atoms with Gasteiger partial charge in [-0.15, -0.1) is 0 Å². The van der Waals surface area contributed by atoms with E-state index < -0.39 is 0 Å². The van der Waals surface area contributed by atoms with E-state index in [9.17, 15) is 4.79 Å². The van der Waals surface area contributed by atoms with Crippen LogP contribution in [0.1, 0.15) is 30.2 Å². The molecule has 2 heterocycles. The third-order valence-electron chi connectivity index (χ3n) is 3.79. The summed E-state index contributed by atoms with van der Waals surface area (Å²) in [6.07, 6.45) is 0.815. The lowest BCUT2D eigenvalue weighted by atomic mass is 10.2. The average molecular weight is 265 g/mol. The van der Waals surface area contributed by atoms with Crippen LogP contribution in [0.2, 0.25) is 0 Å². The number of piperazine rings is 1. The van der Waals surface area contributed by atoms with Gasteiger partial charge >= 0.3 is 0 Å². The van der Waals surface area contributed by atoms with Gasteiger partial charge in [-0.1, -0.05) is 6.92 Å². The first-order valence-corrected chi connectivity index (χ1v) is 6.97. The maximum atomic E-state index is 12.3. The first-order valence-electron chi connectivity index (χ1n) is 6.97. The molecule has 0 radical (unpaired) electrons. The molecule has 1 aromatic heterocycles. The maximum absolute atomic E-state index is 12.3. The molecule has 19 heavy (non-hydrogen) atoms. The molecule has 1 atom stereocenters. The van der Waals surface area contributed by atoms with Gasteiger partial charge in [0.1, 0.15) is 5.76 Å². The van der Waals surface area contributed by atoms with Crippen molar-refractivity contribution in [3.63, 3.8) is 0 Å². The lowest BCUT2D eigenvalue weighted by Crippen LogP contribution is -2.52. The van der Waals surface area contributed by atoms with Gasteiger partial charge in [-0.3, -0.25) is 9.69 Å². The van der Waals surface area contributed by atoms with Gasteiger partial charge in [0.15, 0.2) is 5.76 Å². The summed E-state index contributed by atoms with van der Waals surface area (Å²) in [5, 5.41) is 0. The highest BCUT2D eigenvalue weighted by Gasteiger charge is 2.25. The number of furan rings is 1. The molecule has 1 unspecified atom stereocenters. The second-order valence-electron chi connectivity index (χ2n) is 5.03. The molecular weight excluding hydrogens is 242 g/mol. The van der Waals surface area contributed by atoms with Crippen LogP contribution in [0.25, 0.3) is 0 Å². The highest BCUT2D eigenvalue weighted by Crippen LogP contribution is 2.13. The molecular formula is C14H23N3O2. The molecule has 1 aliphatic heterocycles. The zero-order chi connectivity index (χ0) is 13.8. The minimum atomic E-state index is -0.000230. The van der Waals surface area contributed by atoms with E-state index in [4.69, 9.17) is 10.2 Å². The summed E-state index contributed by atoms with van der Waals surface area (Å²) >= 11 is 0. The molecule has 2 rings (SSSR count). The Labute approximate surface area is 114 Å². The molecule has 1 amide bonds. The molecule has 0 aliphatic carbocycles. The highest BCUT2D eigenvalue weighted by atomic mass is 16.4. The van der Waals surface area contributed by atoms with Gasteiger partial charge in [-0.05, 0) is 19.1 Å². The third-order valence-corrected chi connectivity index (χ3v) is 3.79. The number of nitrogens with two attached hydrogens (primary N) is 1. The van der Waals surface area contributed by atoms with Crippen LogP contribution >= 0.6 is 0 Å². The Hall–Kier alpha value is -1.33. The van der Waals surface area contributed by atoms with E-state index in [0.29, 0.717) is 18.3 Å². The van der Waals surface area contributed by atoms with Crippen LogP contribution in [0.15, 0.2) is 16.5 Å². The fraction of sp³-hybridized carbons (Fsp3) is 0.643. The fourth-order valence-electron chi connectivity index (χ4n) is 2.35. The van der Waals surface area contributed by atoms with Gasteiger partial charge < -0.3 is 15.1 Å². The van der Waals surface area contributed by atoms with E-state index >= 15 is 0 Å². The molecule has 0 bridgehead atoms. The topological polar surface area (TPSA) is 62.7 Å². The summed E-state index contributed by atoms with van der Waals surface area (Å²) in [4.78, 5) is 16.4. The lowest BCUT2D eigenvalue weighted by Gasteiger charge is -2.37. The van der Waals surface area contributed by atoms with E-state index in [-0.39, 0.29) is 5.91 Å². The molecule has 106 valence electrons. The summed E-state index contributed by atoms with van der Waals surface area (Å²) in [5.41, 5.74) is 5.67. The molecule has 1 saturated heterocycles. The van der Waals surface area contributed by atoms with E-state index in [1.54, 1.807) is 6.07 Å². The van der Waals surface area contributed by atoms with Crippen molar-refractivity contribution in [2.45, 2.75) is 26.3 Å². The van der Waals surface area contributed by atoms with Crippen molar-refractivity contribution < 1.29 is 9.21 Å². The number of carbonyl (C=O) groups excluding carboxylic acids is 1. The van der Waals surface area contributed by atoms with Crippen LogP contribution in [0.3, 0.4) is 0 Å². The number of nitrogens with zero attached hydrogens (tertiary/aromatic N) is 2. The second kappa shape index (κ2) is 6.21. The third kappa shape index (κ3) is 3.16. The quantitative estimate of drug-likeness (QED) is 0.880. The fourth-order valence-corrected chi connectivity index (χ4v) is 2.35. The standard InChI is InChI=1S/C14H23N3O2/c1-3-12-4-5-13(19-12)14(18)17-8-6-16(7-9-17)11(2)10-15/h4-5,11H,3,6-10,15H2,1-2H3. The number of carbonyl (C=O) groups is 1. The van der Waals surface area contributed by atoms with Crippen molar-refractivity contribution in [1.82, 2.24) is 9.80 Å². The van der Waals surface area contributed by atoms with Crippen LogP contribution in [-0.4, -0.2) is 54.5 Å². The zero-order valence-electron chi connectivity index (χ0n) is 11.8. The molecule has 5 nitrogen and oxygen atoms in total. The SMILES string of the molecule is CCc1ccc(C(=O)N2CCN(C(C)CN)CC2)o1. The Morgan fingerprint density at radius 3 is 2.58 bits per heavy atom. The lowest BCUT2D eigenvalue weighted by molar-refractivity contribution is 0.0558. The Morgan fingerprint density at radius 1 is 1.37 bits per heavy atom. The van der Waals surface area contributed by atoms with Gasteiger partial charge in [0.2, 0.25) is 0 Å². The largest absolute Gasteiger partial charge is 0.456 e. The minimum absolute atomic E-state index is 0.000230. The molecule has 1 aromatic rings. The number of amides is 1. The highest BCUT2D eigenvalue weighted by molar-refractivity contribution is 5.91. The number of hydrogen-bond acceptors (Lipinski definition) is 4. The maximum Gasteiger partial charge on any atom is 0.289 e. The molecule has 1 aliphatic rings. The van der Waals surface area contributed by atoms with Crippen molar-refractivity contribution in [2.75, 3.05) is 32.7 Å². The van der Waals surface area contributed by atoms with Gasteiger partial charge in [-0.2, -0.15) is 0 Å². The van der Waals surface area contributed by atoms with Gasteiger partial charge in [0.25, 0.3) is 5.91 Å². The van der Waals surface area contributed by atoms with Crippen LogP contribution in [-0.2, 0) is 6.42 Å². The van der Waals surface area contributed by atoms with Crippen molar-refractivity contribution in [1.29, 1.82) is 0 Å².